The van der Waals surface area contributed by atoms with Crippen molar-refractivity contribution in [2.75, 3.05) is 19.8 Å². The fourth-order valence-corrected chi connectivity index (χ4v) is 2.20. The molecule has 1 fully saturated rings. The summed E-state index contributed by atoms with van der Waals surface area (Å²) in [7, 11) is 0. The number of aromatic nitrogens is 1. The van der Waals surface area contributed by atoms with Crippen molar-refractivity contribution < 1.29 is 9.53 Å². The van der Waals surface area contributed by atoms with Crippen molar-refractivity contribution in [3.05, 3.63) is 36.0 Å². The van der Waals surface area contributed by atoms with Gasteiger partial charge in [-0.25, -0.2) is 0 Å². The van der Waals surface area contributed by atoms with E-state index in [0.717, 1.165) is 36.5 Å². The maximum atomic E-state index is 12.0. The number of rotatable bonds is 7. The number of fused-ring (bicyclic) bond motifs is 1. The monoisotopic (exact) mass is 272 g/mol. The molecule has 4 heteroatoms. The topological polar surface area (TPSA) is 54.1 Å². The van der Waals surface area contributed by atoms with Gasteiger partial charge in [-0.15, -0.1) is 0 Å². The first-order chi connectivity index (χ1) is 9.83. The molecule has 1 aliphatic rings. The van der Waals surface area contributed by atoms with Crippen LogP contribution >= 0.6 is 0 Å². The smallest absolute Gasteiger partial charge is 0.267 e. The van der Waals surface area contributed by atoms with Gasteiger partial charge in [0.25, 0.3) is 5.91 Å². The van der Waals surface area contributed by atoms with Crippen LogP contribution in [-0.4, -0.2) is 30.6 Å². The zero-order valence-corrected chi connectivity index (χ0v) is 11.5. The van der Waals surface area contributed by atoms with E-state index in [4.69, 9.17) is 4.74 Å². The molecule has 0 spiro atoms. The van der Waals surface area contributed by atoms with E-state index in [9.17, 15) is 4.79 Å². The molecule has 1 aliphatic carbocycles. The second-order valence-electron chi connectivity index (χ2n) is 5.40. The highest BCUT2D eigenvalue weighted by atomic mass is 16.5. The molecule has 1 amide bonds. The standard InChI is InChI=1S/C16H20N2O2/c19-16(17-8-3-9-20-11-12-6-7-12)15-10-13-4-1-2-5-14(13)18-15/h1-2,4-5,10,12,18H,3,6-9,11H2,(H,17,19). The molecule has 0 aliphatic heterocycles. The summed E-state index contributed by atoms with van der Waals surface area (Å²) in [6, 6.07) is 9.77. The average molecular weight is 272 g/mol. The molecule has 4 nitrogen and oxygen atoms in total. The molecule has 3 rings (SSSR count). The lowest BCUT2D eigenvalue weighted by atomic mass is 10.2. The minimum atomic E-state index is -0.0524. The van der Waals surface area contributed by atoms with Gasteiger partial charge in [0.2, 0.25) is 0 Å². The Morgan fingerprint density at radius 1 is 1.35 bits per heavy atom. The molecule has 0 bridgehead atoms. The van der Waals surface area contributed by atoms with Gasteiger partial charge < -0.3 is 15.0 Å². The summed E-state index contributed by atoms with van der Waals surface area (Å²) in [5.74, 6) is 0.749. The Bertz CT molecular complexity index is 554. The van der Waals surface area contributed by atoms with Crippen molar-refractivity contribution in [1.29, 1.82) is 0 Å². The zero-order valence-electron chi connectivity index (χ0n) is 11.5. The minimum Gasteiger partial charge on any atom is -0.381 e. The first-order valence-electron chi connectivity index (χ1n) is 7.26. The third-order valence-electron chi connectivity index (χ3n) is 3.58. The third-order valence-corrected chi connectivity index (χ3v) is 3.58. The molecule has 1 aromatic carbocycles. The van der Waals surface area contributed by atoms with Gasteiger partial charge in [-0.3, -0.25) is 4.79 Å². The van der Waals surface area contributed by atoms with E-state index < -0.39 is 0 Å². The van der Waals surface area contributed by atoms with Crippen molar-refractivity contribution in [3.63, 3.8) is 0 Å². The number of hydrogen-bond acceptors (Lipinski definition) is 2. The number of carbonyl (C=O) groups is 1. The quantitative estimate of drug-likeness (QED) is 0.761. The predicted molar refractivity (Wildman–Crippen MR) is 78.8 cm³/mol. The Hall–Kier alpha value is -1.81. The van der Waals surface area contributed by atoms with E-state index in [1.807, 2.05) is 30.3 Å². The highest BCUT2D eigenvalue weighted by molar-refractivity contribution is 5.97. The lowest BCUT2D eigenvalue weighted by Gasteiger charge is -2.04. The molecular formula is C16H20N2O2. The van der Waals surface area contributed by atoms with Gasteiger partial charge in [-0.05, 0) is 37.3 Å². The molecule has 20 heavy (non-hydrogen) atoms. The lowest BCUT2D eigenvalue weighted by molar-refractivity contribution is 0.0933. The van der Waals surface area contributed by atoms with Crippen LogP contribution in [-0.2, 0) is 4.74 Å². The van der Waals surface area contributed by atoms with Gasteiger partial charge in [-0.1, -0.05) is 18.2 Å². The SMILES string of the molecule is O=C(NCCCOCC1CC1)c1cc2ccccc2[nH]1. The Morgan fingerprint density at radius 2 is 2.20 bits per heavy atom. The zero-order chi connectivity index (χ0) is 13.8. The van der Waals surface area contributed by atoms with Gasteiger partial charge in [-0.2, -0.15) is 0 Å². The van der Waals surface area contributed by atoms with Gasteiger partial charge in [0, 0.05) is 30.7 Å². The fourth-order valence-electron chi connectivity index (χ4n) is 2.20. The largest absolute Gasteiger partial charge is 0.381 e. The van der Waals surface area contributed by atoms with Crippen molar-refractivity contribution >= 4 is 16.8 Å². The minimum absolute atomic E-state index is 0.0524. The molecule has 1 aromatic heterocycles. The molecule has 0 atom stereocenters. The number of amides is 1. The Balaban J connectivity index is 1.41. The highest BCUT2D eigenvalue weighted by Crippen LogP contribution is 2.28. The van der Waals surface area contributed by atoms with Gasteiger partial charge in [0.1, 0.15) is 5.69 Å². The normalized spacial score (nSPS) is 14.6. The van der Waals surface area contributed by atoms with E-state index in [2.05, 4.69) is 10.3 Å². The molecule has 106 valence electrons. The van der Waals surface area contributed by atoms with E-state index in [0.29, 0.717) is 12.2 Å². The molecule has 1 heterocycles. The van der Waals surface area contributed by atoms with Gasteiger partial charge >= 0.3 is 0 Å². The number of benzene rings is 1. The maximum Gasteiger partial charge on any atom is 0.267 e. The van der Waals surface area contributed by atoms with E-state index in [1.54, 1.807) is 0 Å². The summed E-state index contributed by atoms with van der Waals surface area (Å²) >= 11 is 0. The predicted octanol–water partition coefficient (Wildman–Crippen LogP) is 2.71. The number of aromatic amines is 1. The van der Waals surface area contributed by atoms with Crippen LogP contribution in [0.1, 0.15) is 29.8 Å². The fraction of sp³-hybridized carbons (Fsp3) is 0.438. The summed E-state index contributed by atoms with van der Waals surface area (Å²) in [5.41, 5.74) is 1.61. The van der Waals surface area contributed by atoms with Crippen LogP contribution < -0.4 is 5.32 Å². The molecule has 0 saturated heterocycles. The molecule has 2 aromatic rings. The highest BCUT2D eigenvalue weighted by Gasteiger charge is 2.20. The number of H-pyrrole nitrogens is 1. The number of hydrogen-bond donors (Lipinski definition) is 2. The summed E-state index contributed by atoms with van der Waals surface area (Å²) in [4.78, 5) is 15.1. The van der Waals surface area contributed by atoms with Crippen molar-refractivity contribution in [3.8, 4) is 0 Å². The summed E-state index contributed by atoms with van der Waals surface area (Å²) in [6.07, 6.45) is 3.49. The van der Waals surface area contributed by atoms with E-state index in [1.165, 1.54) is 12.8 Å². The first-order valence-corrected chi connectivity index (χ1v) is 7.26. The second-order valence-corrected chi connectivity index (χ2v) is 5.40. The van der Waals surface area contributed by atoms with Crippen LogP contribution in [0.15, 0.2) is 30.3 Å². The van der Waals surface area contributed by atoms with Crippen LogP contribution in [0.4, 0.5) is 0 Å². The van der Waals surface area contributed by atoms with Gasteiger partial charge in [0.15, 0.2) is 0 Å². The number of nitrogens with one attached hydrogen (secondary N) is 2. The van der Waals surface area contributed by atoms with Crippen molar-refractivity contribution in [2.45, 2.75) is 19.3 Å². The second kappa shape index (κ2) is 6.09. The van der Waals surface area contributed by atoms with Crippen LogP contribution in [0.2, 0.25) is 0 Å². The Labute approximate surface area is 118 Å². The average Bonchev–Trinajstić information content (AvgIpc) is 3.18. The lowest BCUT2D eigenvalue weighted by Crippen LogP contribution is -2.25. The number of para-hydroxylation sites is 1. The Kier molecular flexibility index (Phi) is 4.02. The maximum absolute atomic E-state index is 12.0. The molecule has 0 unspecified atom stereocenters. The van der Waals surface area contributed by atoms with E-state index in [-0.39, 0.29) is 5.91 Å². The first kappa shape index (κ1) is 13.2. The molecule has 2 N–H and O–H groups in total. The summed E-state index contributed by atoms with van der Waals surface area (Å²) in [6.45, 7) is 2.26. The molecular weight excluding hydrogens is 252 g/mol. The summed E-state index contributed by atoms with van der Waals surface area (Å²) in [5, 5.41) is 3.97. The van der Waals surface area contributed by atoms with Crippen LogP contribution in [0.3, 0.4) is 0 Å². The number of ether oxygens (including phenoxy) is 1. The van der Waals surface area contributed by atoms with E-state index >= 15 is 0 Å². The molecule has 0 radical (unpaired) electrons. The number of carbonyl (C=O) groups excluding carboxylic acids is 1. The van der Waals surface area contributed by atoms with Crippen molar-refractivity contribution in [1.82, 2.24) is 10.3 Å². The van der Waals surface area contributed by atoms with Crippen LogP contribution in [0, 0.1) is 5.92 Å². The van der Waals surface area contributed by atoms with Crippen LogP contribution in [0.25, 0.3) is 10.9 Å². The Morgan fingerprint density at radius 3 is 3.00 bits per heavy atom. The van der Waals surface area contributed by atoms with Crippen LogP contribution in [0.5, 0.6) is 0 Å². The summed E-state index contributed by atoms with van der Waals surface area (Å²) < 4.78 is 5.53. The van der Waals surface area contributed by atoms with Crippen molar-refractivity contribution in [2.24, 2.45) is 5.92 Å². The molecule has 1 saturated carbocycles. The third kappa shape index (κ3) is 3.39. The van der Waals surface area contributed by atoms with Gasteiger partial charge in [0.05, 0.1) is 0 Å².